The van der Waals surface area contributed by atoms with Gasteiger partial charge in [0.1, 0.15) is 5.69 Å². The number of nitroso groups, excluding NO2 is 1. The van der Waals surface area contributed by atoms with E-state index in [9.17, 15) is 4.91 Å². The number of nitrogens with zero attached hydrogens (tertiary/aromatic N) is 3. The lowest BCUT2D eigenvalue weighted by molar-refractivity contribution is 0.878. The van der Waals surface area contributed by atoms with Crippen LogP contribution < -0.4 is 5.43 Å². The standard InChI is InChI=1S/C13H15N5O.2C2H6/c1-14-17-12(7-6-10-8-15-9-16-10)11-4-2-3-5-13(11)18-19;2*1-2/h2-5,8-9,14H,6-7H2,1H3,(H,15,16);2*1-2H3/b17-12+;;. The zero-order chi connectivity index (χ0) is 17.5. The molecular formula is C17H27N5O. The van der Waals surface area contributed by atoms with Gasteiger partial charge in [-0.05, 0) is 24.1 Å². The molecule has 23 heavy (non-hydrogen) atoms. The molecule has 0 amide bonds. The number of nitrogens with one attached hydrogen (secondary N) is 2. The number of aromatic amines is 1. The molecule has 0 aliphatic rings. The second kappa shape index (κ2) is 13.2. The van der Waals surface area contributed by atoms with Gasteiger partial charge >= 0.3 is 0 Å². The van der Waals surface area contributed by atoms with Crippen LogP contribution in [0.25, 0.3) is 0 Å². The molecule has 0 radical (unpaired) electrons. The first kappa shape index (κ1) is 20.5. The zero-order valence-corrected chi connectivity index (χ0v) is 14.6. The van der Waals surface area contributed by atoms with E-state index >= 15 is 0 Å². The Hall–Kier alpha value is -2.50. The van der Waals surface area contributed by atoms with Crippen molar-refractivity contribution in [3.05, 3.63) is 53.0 Å². The highest BCUT2D eigenvalue weighted by Crippen LogP contribution is 2.20. The molecule has 0 spiro atoms. The third-order valence-corrected chi connectivity index (χ3v) is 2.75. The first-order valence-electron chi connectivity index (χ1n) is 7.98. The topological polar surface area (TPSA) is 82.5 Å². The van der Waals surface area contributed by atoms with Gasteiger partial charge in [0.2, 0.25) is 0 Å². The van der Waals surface area contributed by atoms with Gasteiger partial charge in [-0.15, -0.1) is 4.91 Å². The molecule has 0 saturated heterocycles. The number of H-pyrrole nitrogens is 1. The van der Waals surface area contributed by atoms with Gasteiger partial charge in [-0.2, -0.15) is 5.10 Å². The van der Waals surface area contributed by atoms with Gasteiger partial charge < -0.3 is 10.4 Å². The number of hydrazone groups is 1. The molecule has 2 aromatic rings. The highest BCUT2D eigenvalue weighted by atomic mass is 16.3. The fraction of sp³-hybridized carbons (Fsp3) is 0.412. The minimum Gasteiger partial charge on any atom is -0.348 e. The molecule has 0 saturated carbocycles. The number of aryl methyl sites for hydroxylation is 1. The Balaban J connectivity index is 0.00000112. The average Bonchev–Trinajstić information content (AvgIpc) is 3.15. The van der Waals surface area contributed by atoms with Gasteiger partial charge in [0.25, 0.3) is 0 Å². The molecule has 0 fully saturated rings. The van der Waals surface area contributed by atoms with Crippen LogP contribution in [-0.2, 0) is 6.42 Å². The summed E-state index contributed by atoms with van der Waals surface area (Å²) >= 11 is 0. The van der Waals surface area contributed by atoms with Gasteiger partial charge in [-0.3, -0.25) is 0 Å². The van der Waals surface area contributed by atoms with E-state index in [1.807, 2.05) is 39.8 Å². The molecule has 6 nitrogen and oxygen atoms in total. The SMILES string of the molecule is CC.CC.CN/N=C(\CCc1cnc[nH]1)c1ccccc1N=O. The van der Waals surface area contributed by atoms with Gasteiger partial charge in [0.05, 0.1) is 12.0 Å². The van der Waals surface area contributed by atoms with E-state index in [-0.39, 0.29) is 0 Å². The zero-order valence-electron chi connectivity index (χ0n) is 14.6. The van der Waals surface area contributed by atoms with Gasteiger partial charge in [-0.25, -0.2) is 4.98 Å². The predicted molar refractivity (Wildman–Crippen MR) is 97.1 cm³/mol. The Morgan fingerprint density at radius 3 is 2.48 bits per heavy atom. The summed E-state index contributed by atoms with van der Waals surface area (Å²) in [5.74, 6) is 0. The summed E-state index contributed by atoms with van der Waals surface area (Å²) in [4.78, 5) is 17.8. The summed E-state index contributed by atoms with van der Waals surface area (Å²) < 4.78 is 0. The van der Waals surface area contributed by atoms with Crippen molar-refractivity contribution in [3.63, 3.8) is 0 Å². The van der Waals surface area contributed by atoms with E-state index in [0.717, 1.165) is 23.4 Å². The lowest BCUT2D eigenvalue weighted by Crippen LogP contribution is -2.09. The van der Waals surface area contributed by atoms with Crippen LogP contribution in [0.5, 0.6) is 0 Å². The van der Waals surface area contributed by atoms with Crippen molar-refractivity contribution in [2.75, 3.05) is 7.05 Å². The molecular weight excluding hydrogens is 290 g/mol. The lowest BCUT2D eigenvalue weighted by Gasteiger charge is -2.07. The summed E-state index contributed by atoms with van der Waals surface area (Å²) in [6.45, 7) is 8.00. The van der Waals surface area contributed by atoms with E-state index in [2.05, 4.69) is 25.7 Å². The van der Waals surface area contributed by atoms with Gasteiger partial charge in [0, 0.05) is 24.5 Å². The molecule has 1 aromatic heterocycles. The number of hydrogen-bond acceptors (Lipinski definition) is 5. The Morgan fingerprint density at radius 1 is 1.22 bits per heavy atom. The Labute approximate surface area is 138 Å². The molecule has 0 aliphatic heterocycles. The molecule has 126 valence electrons. The third kappa shape index (κ3) is 6.86. The molecule has 1 aromatic carbocycles. The fourth-order valence-corrected chi connectivity index (χ4v) is 1.86. The largest absolute Gasteiger partial charge is 0.348 e. The number of hydrogen-bond donors (Lipinski definition) is 2. The van der Waals surface area contributed by atoms with Crippen LogP contribution in [0.2, 0.25) is 0 Å². The molecule has 0 atom stereocenters. The molecule has 0 unspecified atom stereocenters. The Bertz CT molecular complexity index is 564. The molecule has 6 heteroatoms. The van der Waals surface area contributed by atoms with Crippen LogP contribution in [0.3, 0.4) is 0 Å². The van der Waals surface area contributed by atoms with Gasteiger partial charge in [0.15, 0.2) is 0 Å². The Morgan fingerprint density at radius 2 is 1.91 bits per heavy atom. The van der Waals surface area contributed by atoms with Crippen molar-refractivity contribution in [1.29, 1.82) is 0 Å². The third-order valence-electron chi connectivity index (χ3n) is 2.75. The van der Waals surface area contributed by atoms with Crippen LogP contribution in [0.15, 0.2) is 47.1 Å². The molecule has 1 heterocycles. The summed E-state index contributed by atoms with van der Waals surface area (Å²) in [6, 6.07) is 7.18. The van der Waals surface area contributed by atoms with Crippen molar-refractivity contribution >= 4 is 11.4 Å². The van der Waals surface area contributed by atoms with Crippen molar-refractivity contribution in [2.24, 2.45) is 10.3 Å². The molecule has 2 rings (SSSR count). The first-order chi connectivity index (χ1) is 11.3. The summed E-state index contributed by atoms with van der Waals surface area (Å²) in [6.07, 6.45) is 4.88. The smallest absolute Gasteiger partial charge is 0.117 e. The van der Waals surface area contributed by atoms with Crippen molar-refractivity contribution in [1.82, 2.24) is 15.4 Å². The molecule has 0 bridgehead atoms. The van der Waals surface area contributed by atoms with E-state index in [0.29, 0.717) is 12.1 Å². The van der Waals surface area contributed by atoms with Gasteiger partial charge in [-0.1, -0.05) is 45.9 Å². The number of imidazole rings is 1. The maximum absolute atomic E-state index is 10.8. The van der Waals surface area contributed by atoms with E-state index < -0.39 is 0 Å². The monoisotopic (exact) mass is 317 g/mol. The minimum absolute atomic E-state index is 0.404. The second-order valence-corrected chi connectivity index (χ2v) is 3.97. The van der Waals surface area contributed by atoms with Crippen molar-refractivity contribution in [3.8, 4) is 0 Å². The van der Waals surface area contributed by atoms with Crippen LogP contribution in [0, 0.1) is 4.91 Å². The predicted octanol–water partition coefficient (Wildman–Crippen LogP) is 4.42. The van der Waals surface area contributed by atoms with Crippen LogP contribution >= 0.6 is 0 Å². The number of aromatic nitrogens is 2. The molecule has 2 N–H and O–H groups in total. The normalized spacial score (nSPS) is 9.87. The maximum Gasteiger partial charge on any atom is 0.117 e. The van der Waals surface area contributed by atoms with Crippen LogP contribution in [0.4, 0.5) is 5.69 Å². The second-order valence-electron chi connectivity index (χ2n) is 3.97. The summed E-state index contributed by atoms with van der Waals surface area (Å²) in [5.41, 5.74) is 5.75. The van der Waals surface area contributed by atoms with E-state index in [4.69, 9.17) is 0 Å². The fourth-order valence-electron chi connectivity index (χ4n) is 1.86. The van der Waals surface area contributed by atoms with E-state index in [1.165, 1.54) is 0 Å². The van der Waals surface area contributed by atoms with E-state index in [1.54, 1.807) is 31.7 Å². The Kier molecular flexibility index (Phi) is 11.8. The average molecular weight is 317 g/mol. The summed E-state index contributed by atoms with van der Waals surface area (Å²) in [5, 5.41) is 7.28. The maximum atomic E-state index is 10.8. The summed E-state index contributed by atoms with van der Waals surface area (Å²) in [7, 11) is 1.73. The number of benzene rings is 1. The highest BCUT2D eigenvalue weighted by molar-refractivity contribution is 6.04. The minimum atomic E-state index is 0.404. The highest BCUT2D eigenvalue weighted by Gasteiger charge is 2.10. The van der Waals surface area contributed by atoms with Crippen LogP contribution in [0.1, 0.15) is 45.4 Å². The van der Waals surface area contributed by atoms with Crippen molar-refractivity contribution in [2.45, 2.75) is 40.5 Å². The molecule has 0 aliphatic carbocycles. The lowest BCUT2D eigenvalue weighted by atomic mass is 10.0. The first-order valence-corrected chi connectivity index (χ1v) is 7.98. The number of rotatable bonds is 6. The van der Waals surface area contributed by atoms with Crippen molar-refractivity contribution < 1.29 is 0 Å². The van der Waals surface area contributed by atoms with Crippen LogP contribution in [-0.4, -0.2) is 22.7 Å². The quantitative estimate of drug-likeness (QED) is 0.470.